The summed E-state index contributed by atoms with van der Waals surface area (Å²) in [5.74, 6) is -0.925. The van der Waals surface area contributed by atoms with E-state index in [1.54, 1.807) is 18.4 Å². The van der Waals surface area contributed by atoms with Gasteiger partial charge in [0, 0.05) is 0 Å². The van der Waals surface area contributed by atoms with Crippen molar-refractivity contribution in [2.24, 2.45) is 11.1 Å². The quantitative estimate of drug-likeness (QED) is 0.617. The van der Waals surface area contributed by atoms with Crippen LogP contribution in [0.3, 0.4) is 0 Å². The normalized spacial score (nSPS) is 30.8. The Hall–Kier alpha value is -1.58. The number of carboxylic acid groups (broad SMARTS) is 1. The molecule has 0 amide bonds. The molecule has 2 atom stereocenters. The van der Waals surface area contributed by atoms with Crippen molar-refractivity contribution in [3.63, 3.8) is 0 Å². The molecule has 0 fully saturated rings. The van der Waals surface area contributed by atoms with E-state index in [1.807, 2.05) is 0 Å². The molecule has 0 spiro atoms. The largest absolute Gasteiger partial charge is 0.478 e. The maximum absolute atomic E-state index is 10.5. The van der Waals surface area contributed by atoms with Crippen molar-refractivity contribution in [1.29, 1.82) is 0 Å². The summed E-state index contributed by atoms with van der Waals surface area (Å²) in [4.78, 5) is 15.5. The van der Waals surface area contributed by atoms with E-state index in [9.17, 15) is 4.79 Å². The van der Waals surface area contributed by atoms with Crippen LogP contribution >= 0.6 is 0 Å². The van der Waals surface area contributed by atoms with Gasteiger partial charge in [-0.05, 0) is 12.2 Å². The maximum atomic E-state index is 10.5. The highest BCUT2D eigenvalue weighted by atomic mass is 16.6. The number of nitrogens with zero attached hydrogens (tertiary/aromatic N) is 1. The van der Waals surface area contributed by atoms with Gasteiger partial charge in [0.1, 0.15) is 0 Å². The summed E-state index contributed by atoms with van der Waals surface area (Å²) in [5.41, 5.74) is 0.299. The second-order valence-corrected chi connectivity index (χ2v) is 2.69. The van der Waals surface area contributed by atoms with Crippen molar-refractivity contribution in [3.8, 4) is 0 Å². The number of carboxylic acids is 1. The highest BCUT2D eigenvalue weighted by Crippen LogP contribution is 2.22. The molecule has 0 radical (unpaired) electrons. The summed E-state index contributed by atoms with van der Waals surface area (Å²) in [6.07, 6.45) is 6.40. The van der Waals surface area contributed by atoms with Crippen molar-refractivity contribution >= 4 is 12.2 Å². The first-order valence-electron chi connectivity index (χ1n) is 3.60. The van der Waals surface area contributed by atoms with Crippen LogP contribution in [-0.2, 0) is 9.63 Å². The van der Waals surface area contributed by atoms with Gasteiger partial charge in [-0.3, -0.25) is 0 Å². The zero-order valence-corrected chi connectivity index (χ0v) is 6.18. The first-order valence-corrected chi connectivity index (χ1v) is 3.60. The van der Waals surface area contributed by atoms with Gasteiger partial charge >= 0.3 is 5.97 Å². The van der Waals surface area contributed by atoms with Crippen LogP contribution in [0.4, 0.5) is 0 Å². The Balaban J connectivity index is 2.25. The lowest BCUT2D eigenvalue weighted by Gasteiger charge is -2.13. The molecule has 62 valence electrons. The van der Waals surface area contributed by atoms with E-state index in [-0.39, 0.29) is 12.0 Å². The molecule has 0 saturated heterocycles. The van der Waals surface area contributed by atoms with Gasteiger partial charge < -0.3 is 9.94 Å². The van der Waals surface area contributed by atoms with Crippen LogP contribution in [0.2, 0.25) is 0 Å². The molecule has 0 aromatic heterocycles. The zero-order chi connectivity index (χ0) is 8.55. The Morgan fingerprint density at radius 2 is 2.50 bits per heavy atom. The predicted molar refractivity (Wildman–Crippen MR) is 41.7 cm³/mol. The molecule has 1 aliphatic carbocycles. The Morgan fingerprint density at radius 3 is 3.25 bits per heavy atom. The van der Waals surface area contributed by atoms with Gasteiger partial charge in [-0.15, -0.1) is 0 Å². The highest BCUT2D eigenvalue weighted by molar-refractivity contribution is 5.91. The van der Waals surface area contributed by atoms with Crippen molar-refractivity contribution in [2.45, 2.75) is 6.10 Å². The SMILES string of the molecule is O=C(O)C1=CC2C=NOC2C=C1. The average molecular weight is 165 g/mol. The lowest BCUT2D eigenvalue weighted by molar-refractivity contribution is -0.132. The fourth-order valence-corrected chi connectivity index (χ4v) is 1.24. The number of hydrogen-bond donors (Lipinski definition) is 1. The summed E-state index contributed by atoms with van der Waals surface area (Å²) in [6, 6.07) is 0. The van der Waals surface area contributed by atoms with Crippen molar-refractivity contribution in [1.82, 2.24) is 0 Å². The van der Waals surface area contributed by atoms with Crippen molar-refractivity contribution in [2.75, 3.05) is 0 Å². The Labute approximate surface area is 68.8 Å². The summed E-state index contributed by atoms with van der Waals surface area (Å²) in [7, 11) is 0. The van der Waals surface area contributed by atoms with Gasteiger partial charge in [0.25, 0.3) is 0 Å². The Bertz CT molecular complexity index is 303. The average Bonchev–Trinajstić information content (AvgIpc) is 2.49. The van der Waals surface area contributed by atoms with Crippen molar-refractivity contribution < 1.29 is 14.7 Å². The standard InChI is InChI=1S/C8H7NO3/c10-8(11)5-1-2-7-6(3-5)4-9-12-7/h1-4,6-7H,(H,10,11). The molecular weight excluding hydrogens is 158 g/mol. The molecule has 2 aliphatic rings. The van der Waals surface area contributed by atoms with Crippen LogP contribution in [0.25, 0.3) is 0 Å². The molecule has 0 aromatic rings. The van der Waals surface area contributed by atoms with Crippen LogP contribution in [0.5, 0.6) is 0 Å². The Morgan fingerprint density at radius 1 is 1.67 bits per heavy atom. The van der Waals surface area contributed by atoms with Crippen molar-refractivity contribution in [3.05, 3.63) is 23.8 Å². The van der Waals surface area contributed by atoms with Gasteiger partial charge in [0.2, 0.25) is 0 Å². The van der Waals surface area contributed by atoms with Gasteiger partial charge in [-0.25, -0.2) is 4.79 Å². The summed E-state index contributed by atoms with van der Waals surface area (Å²) >= 11 is 0. The van der Waals surface area contributed by atoms with E-state index in [4.69, 9.17) is 9.94 Å². The maximum Gasteiger partial charge on any atom is 0.335 e. The molecule has 1 N–H and O–H groups in total. The van der Waals surface area contributed by atoms with Crippen LogP contribution in [0.15, 0.2) is 29.0 Å². The van der Waals surface area contributed by atoms with Crippen LogP contribution in [0, 0.1) is 5.92 Å². The van der Waals surface area contributed by atoms with E-state index in [1.165, 1.54) is 6.08 Å². The summed E-state index contributed by atoms with van der Waals surface area (Å²) in [6.45, 7) is 0. The third-order valence-electron chi connectivity index (χ3n) is 1.88. The van der Waals surface area contributed by atoms with Gasteiger partial charge in [0.05, 0.1) is 17.7 Å². The third-order valence-corrected chi connectivity index (χ3v) is 1.88. The van der Waals surface area contributed by atoms with Crippen LogP contribution < -0.4 is 0 Å². The number of oxime groups is 1. The molecule has 12 heavy (non-hydrogen) atoms. The molecule has 0 saturated carbocycles. The number of carbonyl (C=O) groups is 1. The van der Waals surface area contributed by atoms with E-state index in [2.05, 4.69) is 5.16 Å². The highest BCUT2D eigenvalue weighted by Gasteiger charge is 2.26. The predicted octanol–water partition coefficient (Wildman–Crippen LogP) is 0.568. The topological polar surface area (TPSA) is 58.9 Å². The fourth-order valence-electron chi connectivity index (χ4n) is 1.24. The lowest BCUT2D eigenvalue weighted by atomic mass is 9.95. The number of fused-ring (bicyclic) bond motifs is 1. The molecule has 2 rings (SSSR count). The third kappa shape index (κ3) is 1.01. The summed E-state index contributed by atoms with van der Waals surface area (Å²) < 4.78 is 0. The van der Waals surface area contributed by atoms with E-state index < -0.39 is 5.97 Å². The van der Waals surface area contributed by atoms with Gasteiger partial charge in [0.15, 0.2) is 6.10 Å². The summed E-state index contributed by atoms with van der Waals surface area (Å²) in [5, 5.41) is 12.3. The number of aliphatic carboxylic acids is 1. The minimum absolute atomic E-state index is 0.0129. The molecule has 0 bridgehead atoms. The molecule has 1 heterocycles. The van der Waals surface area contributed by atoms with Crippen LogP contribution in [0.1, 0.15) is 0 Å². The molecule has 2 unspecified atom stereocenters. The molecule has 1 aliphatic heterocycles. The van der Waals surface area contributed by atoms with Gasteiger partial charge in [-0.2, -0.15) is 0 Å². The second kappa shape index (κ2) is 2.48. The monoisotopic (exact) mass is 165 g/mol. The van der Waals surface area contributed by atoms with E-state index >= 15 is 0 Å². The molecule has 4 heteroatoms. The number of rotatable bonds is 1. The van der Waals surface area contributed by atoms with Crippen LogP contribution in [-0.4, -0.2) is 23.4 Å². The first-order chi connectivity index (χ1) is 5.77. The molecule has 0 aromatic carbocycles. The fraction of sp³-hybridized carbons (Fsp3) is 0.250. The first kappa shape index (κ1) is 7.09. The van der Waals surface area contributed by atoms with Gasteiger partial charge in [-0.1, -0.05) is 11.2 Å². The number of hydrogen-bond acceptors (Lipinski definition) is 3. The van der Waals surface area contributed by atoms with E-state index in [0.717, 1.165) is 0 Å². The van der Waals surface area contributed by atoms with E-state index in [0.29, 0.717) is 5.57 Å². The molecule has 4 nitrogen and oxygen atoms in total. The smallest absolute Gasteiger partial charge is 0.335 e. The minimum atomic E-state index is -0.912. The Kier molecular flexibility index (Phi) is 1.46. The molecular formula is C8H7NO3. The zero-order valence-electron chi connectivity index (χ0n) is 6.18. The minimum Gasteiger partial charge on any atom is -0.478 e. The lowest BCUT2D eigenvalue weighted by Crippen LogP contribution is -2.18. The second-order valence-electron chi connectivity index (χ2n) is 2.69.